The quantitative estimate of drug-likeness (QED) is 0.374. The van der Waals surface area contributed by atoms with Crippen molar-refractivity contribution in [3.63, 3.8) is 0 Å². The molecule has 0 fully saturated rings. The molecule has 0 unspecified atom stereocenters. The molecule has 1 atom stereocenters. The van der Waals surface area contributed by atoms with Gasteiger partial charge in [0.1, 0.15) is 20.4 Å². The number of nitrogens with zero attached hydrogens (tertiary/aromatic N) is 1. The molecule has 0 saturated carbocycles. The van der Waals surface area contributed by atoms with Crippen LogP contribution in [0, 0.1) is 11.5 Å². The van der Waals surface area contributed by atoms with Crippen LogP contribution < -0.4 is 15.0 Å². The normalized spacial score (nSPS) is 14.7. The summed E-state index contributed by atoms with van der Waals surface area (Å²) in [5.74, 6) is 2.70. The van der Waals surface area contributed by atoms with E-state index in [-0.39, 0.29) is 31.2 Å². The van der Waals surface area contributed by atoms with Crippen LogP contribution in [0.1, 0.15) is 28.4 Å². The SMILES string of the molecule is COC(=O)c1cc2c(cc1C#C[Si](C)(C)C)O[C@H](C)C(=O)N2CCNC(=O)OCc1ccccc1. The van der Waals surface area contributed by atoms with Crippen molar-refractivity contribution in [1.82, 2.24) is 5.32 Å². The summed E-state index contributed by atoms with van der Waals surface area (Å²) < 4.78 is 16.0. The van der Waals surface area contributed by atoms with Gasteiger partial charge in [-0.25, -0.2) is 9.59 Å². The lowest BCUT2D eigenvalue weighted by atomic mass is 10.0. The number of ether oxygens (including phenoxy) is 3. The lowest BCUT2D eigenvalue weighted by Gasteiger charge is -2.33. The molecule has 2 amide bonds. The van der Waals surface area contributed by atoms with Gasteiger partial charge < -0.3 is 24.4 Å². The van der Waals surface area contributed by atoms with Crippen LogP contribution in [-0.2, 0) is 20.9 Å². The van der Waals surface area contributed by atoms with Crippen LogP contribution in [0.15, 0.2) is 42.5 Å². The minimum absolute atomic E-state index is 0.146. The summed E-state index contributed by atoms with van der Waals surface area (Å²) in [6.45, 7) is 8.43. The third-order valence-electron chi connectivity index (χ3n) is 5.10. The Labute approximate surface area is 206 Å². The monoisotopic (exact) mass is 494 g/mol. The van der Waals surface area contributed by atoms with Crippen molar-refractivity contribution < 1.29 is 28.6 Å². The second kappa shape index (κ2) is 11.1. The highest BCUT2D eigenvalue weighted by atomic mass is 28.3. The molecule has 9 heteroatoms. The summed E-state index contributed by atoms with van der Waals surface area (Å²) in [6.07, 6.45) is -1.32. The van der Waals surface area contributed by atoms with Crippen molar-refractivity contribution in [2.24, 2.45) is 0 Å². The van der Waals surface area contributed by atoms with Crippen LogP contribution >= 0.6 is 0 Å². The molecule has 35 heavy (non-hydrogen) atoms. The molecule has 1 aliphatic rings. The van der Waals surface area contributed by atoms with Gasteiger partial charge in [-0.05, 0) is 24.6 Å². The number of fused-ring (bicyclic) bond motifs is 1. The van der Waals surface area contributed by atoms with Gasteiger partial charge in [0.15, 0.2) is 6.10 Å². The minimum Gasteiger partial charge on any atom is -0.479 e. The third kappa shape index (κ3) is 6.87. The number of hydrogen-bond acceptors (Lipinski definition) is 6. The van der Waals surface area contributed by atoms with Gasteiger partial charge in [-0.1, -0.05) is 55.9 Å². The lowest BCUT2D eigenvalue weighted by Crippen LogP contribution is -2.47. The maximum atomic E-state index is 12.9. The van der Waals surface area contributed by atoms with Gasteiger partial charge in [0.05, 0.1) is 18.4 Å². The summed E-state index contributed by atoms with van der Waals surface area (Å²) in [5.41, 5.74) is 5.29. The van der Waals surface area contributed by atoms with E-state index >= 15 is 0 Å². The molecule has 0 radical (unpaired) electrons. The van der Waals surface area contributed by atoms with E-state index in [0.29, 0.717) is 17.0 Å². The van der Waals surface area contributed by atoms with Crippen LogP contribution in [0.3, 0.4) is 0 Å². The van der Waals surface area contributed by atoms with E-state index in [4.69, 9.17) is 14.2 Å². The highest BCUT2D eigenvalue weighted by Gasteiger charge is 2.33. The Morgan fingerprint density at radius 3 is 2.54 bits per heavy atom. The van der Waals surface area contributed by atoms with Crippen LogP contribution in [0.25, 0.3) is 0 Å². The Bertz CT molecular complexity index is 1160. The van der Waals surface area contributed by atoms with E-state index in [9.17, 15) is 14.4 Å². The molecule has 0 spiro atoms. The third-order valence-corrected chi connectivity index (χ3v) is 5.98. The number of rotatable bonds is 6. The molecule has 0 saturated heterocycles. The Hall–Kier alpha value is -3.77. The lowest BCUT2D eigenvalue weighted by molar-refractivity contribution is -0.125. The van der Waals surface area contributed by atoms with E-state index in [0.717, 1.165) is 5.56 Å². The zero-order valence-electron chi connectivity index (χ0n) is 20.6. The second-order valence-electron chi connectivity index (χ2n) is 9.10. The number of carbonyl (C=O) groups is 3. The molecule has 184 valence electrons. The van der Waals surface area contributed by atoms with Gasteiger partial charge in [0, 0.05) is 18.7 Å². The van der Waals surface area contributed by atoms with E-state index in [1.807, 2.05) is 30.3 Å². The topological polar surface area (TPSA) is 94.2 Å². The Balaban J connectivity index is 1.78. The molecule has 2 aromatic rings. The molecule has 0 aliphatic carbocycles. The first-order chi connectivity index (χ1) is 16.6. The first-order valence-electron chi connectivity index (χ1n) is 11.3. The van der Waals surface area contributed by atoms with E-state index in [1.54, 1.807) is 19.1 Å². The number of benzene rings is 2. The van der Waals surface area contributed by atoms with Crippen molar-refractivity contribution in [3.8, 4) is 17.2 Å². The van der Waals surface area contributed by atoms with Crippen molar-refractivity contribution >= 4 is 31.7 Å². The number of nitrogens with one attached hydrogen (secondary N) is 1. The largest absolute Gasteiger partial charge is 0.479 e. The number of anilines is 1. The zero-order valence-corrected chi connectivity index (χ0v) is 21.6. The summed E-state index contributed by atoms with van der Waals surface area (Å²) in [7, 11) is -0.414. The number of alkyl carbamates (subject to hydrolysis) is 1. The molecular weight excluding hydrogens is 464 g/mol. The van der Waals surface area contributed by atoms with Crippen LogP contribution in [0.4, 0.5) is 10.5 Å². The van der Waals surface area contributed by atoms with Crippen molar-refractivity contribution in [3.05, 3.63) is 59.2 Å². The second-order valence-corrected chi connectivity index (χ2v) is 13.8. The van der Waals surface area contributed by atoms with E-state index in [1.165, 1.54) is 12.0 Å². The summed E-state index contributed by atoms with van der Waals surface area (Å²) >= 11 is 0. The van der Waals surface area contributed by atoms with Gasteiger partial charge in [-0.3, -0.25) is 4.79 Å². The van der Waals surface area contributed by atoms with Crippen molar-refractivity contribution in [2.45, 2.75) is 39.3 Å². The van der Waals surface area contributed by atoms with Crippen molar-refractivity contribution in [2.75, 3.05) is 25.1 Å². The standard InChI is InChI=1S/C26H30N2O6Si/c1-18-24(29)28(13-12-27-26(31)33-17-19-9-7-6-8-10-19)22-16-21(25(30)32-2)20(15-23(22)34-18)11-14-35(3,4)5/h6-10,15-16,18H,12-13,17H2,1-5H3,(H,27,31)/t18-/m1/s1. The molecule has 8 nitrogen and oxygen atoms in total. The highest BCUT2D eigenvalue weighted by Crippen LogP contribution is 2.36. The highest BCUT2D eigenvalue weighted by molar-refractivity contribution is 6.83. The molecular formula is C26H30N2O6Si. The molecule has 3 rings (SSSR count). The van der Waals surface area contributed by atoms with Gasteiger partial charge in [-0.2, -0.15) is 0 Å². The fourth-order valence-electron chi connectivity index (χ4n) is 3.36. The maximum absolute atomic E-state index is 12.9. The summed E-state index contributed by atoms with van der Waals surface area (Å²) in [6, 6.07) is 12.6. The number of methoxy groups -OCH3 is 1. The molecule has 1 aliphatic heterocycles. The first-order valence-corrected chi connectivity index (χ1v) is 14.8. The Morgan fingerprint density at radius 2 is 1.89 bits per heavy atom. The predicted octanol–water partition coefficient (Wildman–Crippen LogP) is 3.74. The fourth-order valence-corrected chi connectivity index (χ4v) is 3.87. The summed E-state index contributed by atoms with van der Waals surface area (Å²) in [5, 5.41) is 2.66. The molecule has 0 aromatic heterocycles. The summed E-state index contributed by atoms with van der Waals surface area (Å²) in [4.78, 5) is 39.0. The predicted molar refractivity (Wildman–Crippen MR) is 135 cm³/mol. The van der Waals surface area contributed by atoms with Gasteiger partial charge in [-0.15, -0.1) is 5.54 Å². The number of amides is 2. The van der Waals surface area contributed by atoms with Crippen LogP contribution in [0.5, 0.6) is 5.75 Å². The number of esters is 1. The number of carbonyl (C=O) groups excluding carboxylic acids is 3. The van der Waals surface area contributed by atoms with Gasteiger partial charge in [0.25, 0.3) is 5.91 Å². The van der Waals surface area contributed by atoms with Crippen molar-refractivity contribution in [1.29, 1.82) is 0 Å². The van der Waals surface area contributed by atoms with Gasteiger partial charge in [0.2, 0.25) is 0 Å². The zero-order chi connectivity index (χ0) is 25.6. The Kier molecular flexibility index (Phi) is 8.20. The molecule has 1 heterocycles. The van der Waals surface area contributed by atoms with Crippen LogP contribution in [-0.4, -0.2) is 52.3 Å². The van der Waals surface area contributed by atoms with Gasteiger partial charge >= 0.3 is 12.1 Å². The first kappa shape index (κ1) is 25.8. The van der Waals surface area contributed by atoms with Crippen LogP contribution in [0.2, 0.25) is 19.6 Å². The fraction of sp³-hybridized carbons (Fsp3) is 0.346. The number of hydrogen-bond donors (Lipinski definition) is 1. The Morgan fingerprint density at radius 1 is 1.17 bits per heavy atom. The van der Waals surface area contributed by atoms with E-state index in [2.05, 4.69) is 36.4 Å². The van der Waals surface area contributed by atoms with E-state index < -0.39 is 26.2 Å². The smallest absolute Gasteiger partial charge is 0.407 e. The average molecular weight is 495 g/mol. The molecule has 1 N–H and O–H groups in total. The minimum atomic E-state index is -1.71. The maximum Gasteiger partial charge on any atom is 0.407 e. The molecule has 0 bridgehead atoms. The average Bonchev–Trinajstić information content (AvgIpc) is 2.83. The molecule has 2 aromatic carbocycles.